The number of nitrogens with zero attached hydrogens (tertiary/aromatic N) is 3. The summed E-state index contributed by atoms with van der Waals surface area (Å²) in [7, 11) is 1.62. The van der Waals surface area contributed by atoms with Crippen LogP contribution in [0.2, 0.25) is 0 Å². The highest BCUT2D eigenvalue weighted by Gasteiger charge is 2.26. The lowest BCUT2D eigenvalue weighted by molar-refractivity contribution is 0.0355. The van der Waals surface area contributed by atoms with Gasteiger partial charge in [0.15, 0.2) is 0 Å². The number of hydrogen-bond donors (Lipinski definition) is 1. The minimum Gasteiger partial charge on any atom is -0.497 e. The third-order valence-electron chi connectivity index (χ3n) is 5.45. The number of hydrogen-bond acceptors (Lipinski definition) is 5. The van der Waals surface area contributed by atoms with E-state index in [0.717, 1.165) is 37.0 Å². The van der Waals surface area contributed by atoms with Crippen molar-refractivity contribution in [1.82, 2.24) is 14.8 Å². The van der Waals surface area contributed by atoms with Crippen LogP contribution in [-0.4, -0.2) is 73.4 Å². The average molecular weight is 384 g/mol. The molecule has 28 heavy (non-hydrogen) atoms. The van der Waals surface area contributed by atoms with Crippen molar-refractivity contribution in [3.05, 3.63) is 30.5 Å². The zero-order valence-electron chi connectivity index (χ0n) is 16.4. The molecule has 2 aliphatic heterocycles. The van der Waals surface area contributed by atoms with Crippen molar-refractivity contribution in [2.24, 2.45) is 0 Å². The van der Waals surface area contributed by atoms with Crippen LogP contribution >= 0.6 is 0 Å². The quantitative estimate of drug-likeness (QED) is 0.878. The first-order valence-corrected chi connectivity index (χ1v) is 10.1. The summed E-state index contributed by atoms with van der Waals surface area (Å²) in [6.45, 7) is 5.16. The van der Waals surface area contributed by atoms with E-state index in [0.29, 0.717) is 31.1 Å². The largest absolute Gasteiger partial charge is 0.497 e. The first-order valence-electron chi connectivity index (χ1n) is 10.1. The zero-order chi connectivity index (χ0) is 19.3. The number of likely N-dealkylation sites (tertiary alicyclic amines) is 1. The van der Waals surface area contributed by atoms with Crippen LogP contribution in [-0.2, 0) is 4.74 Å². The number of nitrogens with one attached hydrogen (secondary N) is 1. The lowest BCUT2D eigenvalue weighted by Gasteiger charge is -2.27. The predicted octanol–water partition coefficient (Wildman–Crippen LogP) is 2.96. The number of benzene rings is 1. The minimum absolute atomic E-state index is 0.0616. The molecule has 7 nitrogen and oxygen atoms in total. The smallest absolute Gasteiger partial charge is 0.321 e. The van der Waals surface area contributed by atoms with Gasteiger partial charge in [0.25, 0.3) is 0 Å². The number of urea groups is 1. The van der Waals surface area contributed by atoms with Crippen LogP contribution in [0.25, 0.3) is 10.9 Å². The van der Waals surface area contributed by atoms with Gasteiger partial charge >= 0.3 is 6.03 Å². The maximum absolute atomic E-state index is 13.0. The Labute approximate surface area is 165 Å². The molecule has 150 valence electrons. The molecule has 0 aliphatic carbocycles. The van der Waals surface area contributed by atoms with E-state index >= 15 is 0 Å². The van der Waals surface area contributed by atoms with Gasteiger partial charge in [0, 0.05) is 43.9 Å². The summed E-state index contributed by atoms with van der Waals surface area (Å²) in [4.78, 5) is 21.8. The second kappa shape index (κ2) is 8.75. The number of fused-ring (bicyclic) bond motifs is 1. The van der Waals surface area contributed by atoms with Crippen LogP contribution in [0.15, 0.2) is 30.5 Å². The van der Waals surface area contributed by atoms with Gasteiger partial charge in [-0.3, -0.25) is 4.98 Å². The lowest BCUT2D eigenvalue weighted by Crippen LogP contribution is -2.43. The Morgan fingerprint density at radius 3 is 2.96 bits per heavy atom. The zero-order valence-corrected chi connectivity index (χ0v) is 16.4. The number of anilines is 1. The molecular weight excluding hydrogens is 356 g/mol. The summed E-state index contributed by atoms with van der Waals surface area (Å²) in [6.07, 6.45) is 5.16. The van der Waals surface area contributed by atoms with Gasteiger partial charge in [-0.05, 0) is 44.5 Å². The van der Waals surface area contributed by atoms with Gasteiger partial charge in [0.05, 0.1) is 24.4 Å². The topological polar surface area (TPSA) is 66.9 Å². The molecule has 1 aromatic carbocycles. The summed E-state index contributed by atoms with van der Waals surface area (Å²) in [5.74, 6) is 0.696. The number of ether oxygens (including phenoxy) is 2. The fourth-order valence-corrected chi connectivity index (χ4v) is 4.02. The first-order chi connectivity index (χ1) is 13.7. The summed E-state index contributed by atoms with van der Waals surface area (Å²) in [5.41, 5.74) is 1.43. The molecule has 0 radical (unpaired) electrons. The number of methoxy groups -OCH3 is 1. The molecule has 1 atom stereocenters. The van der Waals surface area contributed by atoms with Crippen LogP contribution < -0.4 is 10.1 Å². The third-order valence-corrected chi connectivity index (χ3v) is 5.45. The van der Waals surface area contributed by atoms with Gasteiger partial charge in [-0.25, -0.2) is 4.79 Å². The summed E-state index contributed by atoms with van der Waals surface area (Å²) >= 11 is 0. The fraction of sp³-hybridized carbons (Fsp3) is 0.524. The molecule has 1 N–H and O–H groups in total. The molecule has 2 fully saturated rings. The Morgan fingerprint density at radius 2 is 2.14 bits per heavy atom. The van der Waals surface area contributed by atoms with E-state index in [4.69, 9.17) is 9.47 Å². The van der Waals surface area contributed by atoms with Crippen molar-refractivity contribution in [2.45, 2.75) is 25.4 Å². The number of amides is 2. The predicted molar refractivity (Wildman–Crippen MR) is 109 cm³/mol. The number of rotatable bonds is 4. The molecule has 2 saturated heterocycles. The molecule has 2 aliphatic rings. The van der Waals surface area contributed by atoms with Gasteiger partial charge in [-0.2, -0.15) is 0 Å². The van der Waals surface area contributed by atoms with Gasteiger partial charge in [0.2, 0.25) is 0 Å². The van der Waals surface area contributed by atoms with Crippen molar-refractivity contribution in [1.29, 1.82) is 0 Å². The third kappa shape index (κ3) is 4.36. The Balaban J connectivity index is 1.48. The van der Waals surface area contributed by atoms with Crippen LogP contribution in [0.3, 0.4) is 0 Å². The summed E-state index contributed by atoms with van der Waals surface area (Å²) < 4.78 is 11.4. The molecule has 2 amide bonds. The number of carbonyl (C=O) groups excluding carboxylic acids is 1. The SMILES string of the molecule is COc1cc(NC(=O)N2CCCO[C@H](CN3CCCC3)C2)c2ncccc2c1. The maximum atomic E-state index is 13.0. The number of carbonyl (C=O) groups is 1. The van der Waals surface area contributed by atoms with Crippen molar-refractivity contribution < 1.29 is 14.3 Å². The van der Waals surface area contributed by atoms with Crippen molar-refractivity contribution in [3.8, 4) is 5.75 Å². The van der Waals surface area contributed by atoms with E-state index in [2.05, 4.69) is 15.2 Å². The molecule has 0 spiro atoms. The molecule has 4 rings (SSSR count). The van der Waals surface area contributed by atoms with Crippen LogP contribution in [0, 0.1) is 0 Å². The standard InChI is InChI=1S/C21H28N4O3/c1-27-17-12-16-6-4-7-22-20(16)19(13-17)23-21(26)25-10-5-11-28-18(15-25)14-24-8-2-3-9-24/h4,6-7,12-13,18H,2-3,5,8-11,14-15H2,1H3,(H,23,26)/t18-/m1/s1. The van der Waals surface area contributed by atoms with E-state index in [9.17, 15) is 4.79 Å². The number of pyridine rings is 1. The fourth-order valence-electron chi connectivity index (χ4n) is 4.02. The molecular formula is C21H28N4O3. The van der Waals surface area contributed by atoms with Gasteiger partial charge in [-0.1, -0.05) is 6.07 Å². The molecule has 0 bridgehead atoms. The summed E-state index contributed by atoms with van der Waals surface area (Å²) in [6, 6.07) is 7.47. The Kier molecular flexibility index (Phi) is 5.92. The van der Waals surface area contributed by atoms with E-state index in [1.807, 2.05) is 29.2 Å². The van der Waals surface area contributed by atoms with Crippen LogP contribution in [0.1, 0.15) is 19.3 Å². The highest BCUT2D eigenvalue weighted by Crippen LogP contribution is 2.28. The highest BCUT2D eigenvalue weighted by molar-refractivity contribution is 6.00. The maximum Gasteiger partial charge on any atom is 0.321 e. The lowest BCUT2D eigenvalue weighted by atomic mass is 10.2. The second-order valence-corrected chi connectivity index (χ2v) is 7.48. The Hall–Kier alpha value is -2.38. The van der Waals surface area contributed by atoms with E-state index in [1.54, 1.807) is 13.3 Å². The van der Waals surface area contributed by atoms with Crippen molar-refractivity contribution in [3.63, 3.8) is 0 Å². The molecule has 3 heterocycles. The van der Waals surface area contributed by atoms with Crippen LogP contribution in [0.4, 0.5) is 10.5 Å². The van der Waals surface area contributed by atoms with E-state index in [1.165, 1.54) is 12.8 Å². The number of aromatic nitrogens is 1. The van der Waals surface area contributed by atoms with E-state index < -0.39 is 0 Å². The Morgan fingerprint density at radius 1 is 1.29 bits per heavy atom. The van der Waals surface area contributed by atoms with Crippen molar-refractivity contribution in [2.75, 3.05) is 51.8 Å². The molecule has 2 aromatic rings. The van der Waals surface area contributed by atoms with Crippen LogP contribution in [0.5, 0.6) is 5.75 Å². The van der Waals surface area contributed by atoms with Gasteiger partial charge in [0.1, 0.15) is 5.75 Å². The van der Waals surface area contributed by atoms with Gasteiger partial charge in [-0.15, -0.1) is 0 Å². The molecule has 0 unspecified atom stereocenters. The molecule has 0 saturated carbocycles. The monoisotopic (exact) mass is 384 g/mol. The first kappa shape index (κ1) is 19.0. The summed E-state index contributed by atoms with van der Waals surface area (Å²) in [5, 5.41) is 3.98. The minimum atomic E-state index is -0.114. The van der Waals surface area contributed by atoms with Gasteiger partial charge < -0.3 is 24.6 Å². The normalized spacial score (nSPS) is 20.9. The van der Waals surface area contributed by atoms with Crippen molar-refractivity contribution >= 4 is 22.6 Å². The van der Waals surface area contributed by atoms with E-state index in [-0.39, 0.29) is 12.1 Å². The second-order valence-electron chi connectivity index (χ2n) is 7.48. The highest BCUT2D eigenvalue weighted by atomic mass is 16.5. The Bertz CT molecular complexity index is 822. The molecule has 7 heteroatoms. The molecule has 1 aromatic heterocycles. The average Bonchev–Trinajstić information content (AvgIpc) is 3.11.